The second-order valence-electron chi connectivity index (χ2n) is 4.12. The van der Waals surface area contributed by atoms with Gasteiger partial charge in [-0.15, -0.1) is 0 Å². The molecule has 0 unspecified atom stereocenters. The predicted octanol–water partition coefficient (Wildman–Crippen LogP) is 3.19. The van der Waals surface area contributed by atoms with Crippen molar-refractivity contribution in [1.82, 2.24) is 5.32 Å². The minimum Gasteiger partial charge on any atom is -0.387 e. The molecular formula is C13H17F3N2O. The van der Waals surface area contributed by atoms with E-state index in [-0.39, 0.29) is 18.9 Å². The van der Waals surface area contributed by atoms with Gasteiger partial charge in [-0.2, -0.15) is 13.2 Å². The van der Waals surface area contributed by atoms with Crippen molar-refractivity contribution in [1.29, 1.82) is 0 Å². The predicted molar refractivity (Wildman–Crippen MR) is 68.2 cm³/mol. The Morgan fingerprint density at radius 2 is 1.89 bits per heavy atom. The number of amides is 1. The Bertz CT molecular complexity index is 419. The summed E-state index contributed by atoms with van der Waals surface area (Å²) in [5.74, 6) is -0.281. The molecule has 0 aromatic heterocycles. The summed E-state index contributed by atoms with van der Waals surface area (Å²) >= 11 is 0. The minimum atomic E-state index is -4.12. The largest absolute Gasteiger partial charge is 0.389 e. The van der Waals surface area contributed by atoms with Gasteiger partial charge >= 0.3 is 6.18 Å². The van der Waals surface area contributed by atoms with Crippen molar-refractivity contribution >= 4 is 11.6 Å². The van der Waals surface area contributed by atoms with Gasteiger partial charge in [-0.05, 0) is 25.0 Å². The first-order valence-corrected chi connectivity index (χ1v) is 6.06. The number of carbonyl (C=O) groups excluding carboxylic acids is 1. The van der Waals surface area contributed by atoms with Crippen LogP contribution in [0, 0.1) is 0 Å². The van der Waals surface area contributed by atoms with Gasteiger partial charge < -0.3 is 10.6 Å². The SMILES string of the molecule is CNc1ccccc1C(=O)NCCCCC(F)(F)F. The van der Waals surface area contributed by atoms with Crippen molar-refractivity contribution in [3.8, 4) is 0 Å². The molecule has 1 amide bonds. The standard InChI is InChI=1S/C13H17F3N2O/c1-17-11-7-3-2-6-10(11)12(19)18-9-5-4-8-13(14,15)16/h2-3,6-7,17H,4-5,8-9H2,1H3,(H,18,19). The Kier molecular flexibility index (Phi) is 5.66. The first kappa shape index (κ1) is 15.3. The van der Waals surface area contributed by atoms with Gasteiger partial charge in [0.2, 0.25) is 0 Å². The zero-order valence-electron chi connectivity index (χ0n) is 10.7. The molecule has 0 aliphatic heterocycles. The van der Waals surface area contributed by atoms with Gasteiger partial charge in [-0.25, -0.2) is 0 Å². The molecule has 0 bridgehead atoms. The molecule has 0 heterocycles. The van der Waals surface area contributed by atoms with Gasteiger partial charge in [-0.1, -0.05) is 12.1 Å². The van der Waals surface area contributed by atoms with Crippen molar-refractivity contribution in [2.24, 2.45) is 0 Å². The molecule has 0 saturated carbocycles. The summed E-state index contributed by atoms with van der Waals surface area (Å²) in [5.41, 5.74) is 1.18. The van der Waals surface area contributed by atoms with Crippen molar-refractivity contribution in [2.45, 2.75) is 25.4 Å². The Morgan fingerprint density at radius 3 is 2.53 bits per heavy atom. The number of carbonyl (C=O) groups is 1. The highest BCUT2D eigenvalue weighted by Gasteiger charge is 2.25. The smallest absolute Gasteiger partial charge is 0.387 e. The average Bonchev–Trinajstić information content (AvgIpc) is 2.36. The van der Waals surface area contributed by atoms with Crippen LogP contribution in [0.25, 0.3) is 0 Å². The molecule has 0 aliphatic rings. The van der Waals surface area contributed by atoms with Gasteiger partial charge in [0, 0.05) is 25.7 Å². The zero-order chi connectivity index (χ0) is 14.3. The lowest BCUT2D eigenvalue weighted by molar-refractivity contribution is -0.135. The molecule has 106 valence electrons. The van der Waals surface area contributed by atoms with Crippen molar-refractivity contribution in [3.05, 3.63) is 29.8 Å². The summed E-state index contributed by atoms with van der Waals surface area (Å²) in [6.45, 7) is 0.243. The quantitative estimate of drug-likeness (QED) is 0.782. The lowest BCUT2D eigenvalue weighted by Crippen LogP contribution is -2.25. The van der Waals surface area contributed by atoms with Gasteiger partial charge in [0.05, 0.1) is 5.56 Å². The number of para-hydroxylation sites is 1. The highest BCUT2D eigenvalue weighted by molar-refractivity contribution is 5.99. The Balaban J connectivity index is 2.35. The van der Waals surface area contributed by atoms with Crippen molar-refractivity contribution < 1.29 is 18.0 Å². The molecule has 3 nitrogen and oxygen atoms in total. The van der Waals surface area contributed by atoms with E-state index in [1.54, 1.807) is 31.3 Å². The first-order chi connectivity index (χ1) is 8.94. The fourth-order valence-corrected chi connectivity index (χ4v) is 1.65. The fourth-order valence-electron chi connectivity index (χ4n) is 1.65. The highest BCUT2D eigenvalue weighted by atomic mass is 19.4. The summed E-state index contributed by atoms with van der Waals surface area (Å²) in [7, 11) is 1.70. The summed E-state index contributed by atoms with van der Waals surface area (Å²) in [6.07, 6.45) is -4.59. The molecule has 0 fully saturated rings. The van der Waals surface area contributed by atoms with Gasteiger partial charge in [0.25, 0.3) is 5.91 Å². The van der Waals surface area contributed by atoms with Gasteiger partial charge in [0.15, 0.2) is 0 Å². The van der Waals surface area contributed by atoms with E-state index in [0.29, 0.717) is 17.7 Å². The number of anilines is 1. The minimum absolute atomic E-state index is 0.0253. The first-order valence-electron chi connectivity index (χ1n) is 6.06. The Labute approximate surface area is 110 Å². The van der Waals surface area contributed by atoms with E-state index in [0.717, 1.165) is 0 Å². The molecule has 0 saturated heterocycles. The number of unbranched alkanes of at least 4 members (excludes halogenated alkanes) is 1. The zero-order valence-corrected chi connectivity index (χ0v) is 10.7. The highest BCUT2D eigenvalue weighted by Crippen LogP contribution is 2.21. The molecule has 2 N–H and O–H groups in total. The van der Waals surface area contributed by atoms with Crippen LogP contribution >= 0.6 is 0 Å². The molecule has 0 aliphatic carbocycles. The summed E-state index contributed by atoms with van der Waals surface area (Å²) < 4.78 is 35.7. The second-order valence-corrected chi connectivity index (χ2v) is 4.12. The molecule has 19 heavy (non-hydrogen) atoms. The Morgan fingerprint density at radius 1 is 1.21 bits per heavy atom. The number of rotatable bonds is 6. The fraction of sp³-hybridized carbons (Fsp3) is 0.462. The lowest BCUT2D eigenvalue weighted by atomic mass is 10.1. The van der Waals surface area contributed by atoms with Crippen LogP contribution in [0.3, 0.4) is 0 Å². The van der Waals surface area contributed by atoms with Crippen LogP contribution in [-0.2, 0) is 0 Å². The third-order valence-electron chi connectivity index (χ3n) is 2.61. The normalized spacial score (nSPS) is 11.2. The molecule has 0 radical (unpaired) electrons. The van der Waals surface area contributed by atoms with E-state index in [4.69, 9.17) is 0 Å². The van der Waals surface area contributed by atoms with Crippen LogP contribution in [-0.4, -0.2) is 25.7 Å². The van der Waals surface area contributed by atoms with Crippen LogP contribution in [0.5, 0.6) is 0 Å². The van der Waals surface area contributed by atoms with Crippen LogP contribution < -0.4 is 10.6 Å². The van der Waals surface area contributed by atoms with Gasteiger partial charge in [0.1, 0.15) is 0 Å². The molecule has 0 spiro atoms. The summed E-state index contributed by atoms with van der Waals surface area (Å²) in [4.78, 5) is 11.8. The van der Waals surface area contributed by atoms with E-state index >= 15 is 0 Å². The van der Waals surface area contributed by atoms with Crippen LogP contribution in [0.1, 0.15) is 29.6 Å². The van der Waals surface area contributed by atoms with Gasteiger partial charge in [-0.3, -0.25) is 4.79 Å². The van der Waals surface area contributed by atoms with E-state index < -0.39 is 12.6 Å². The number of halogens is 3. The van der Waals surface area contributed by atoms with Crippen LogP contribution in [0.15, 0.2) is 24.3 Å². The van der Waals surface area contributed by atoms with E-state index in [1.807, 2.05) is 0 Å². The monoisotopic (exact) mass is 274 g/mol. The maximum atomic E-state index is 11.9. The number of nitrogens with one attached hydrogen (secondary N) is 2. The van der Waals surface area contributed by atoms with E-state index in [1.165, 1.54) is 0 Å². The van der Waals surface area contributed by atoms with Crippen LogP contribution in [0.2, 0.25) is 0 Å². The second kappa shape index (κ2) is 7.01. The molecule has 6 heteroatoms. The molecular weight excluding hydrogens is 257 g/mol. The maximum absolute atomic E-state index is 11.9. The van der Waals surface area contributed by atoms with Crippen molar-refractivity contribution in [2.75, 3.05) is 18.9 Å². The molecule has 0 atom stereocenters. The third-order valence-corrected chi connectivity index (χ3v) is 2.61. The van der Waals surface area contributed by atoms with E-state index in [9.17, 15) is 18.0 Å². The Hall–Kier alpha value is -1.72. The number of alkyl halides is 3. The molecule has 1 aromatic rings. The summed E-state index contributed by atoms with van der Waals surface area (Å²) in [6, 6.07) is 6.96. The van der Waals surface area contributed by atoms with Crippen molar-refractivity contribution in [3.63, 3.8) is 0 Å². The lowest BCUT2D eigenvalue weighted by Gasteiger charge is -2.10. The van der Waals surface area contributed by atoms with Crippen LogP contribution in [0.4, 0.5) is 18.9 Å². The third kappa shape index (κ3) is 5.63. The van der Waals surface area contributed by atoms with E-state index in [2.05, 4.69) is 10.6 Å². The number of hydrogen-bond acceptors (Lipinski definition) is 2. The number of benzene rings is 1. The maximum Gasteiger partial charge on any atom is 0.389 e. The average molecular weight is 274 g/mol. The molecule has 1 aromatic carbocycles. The number of hydrogen-bond donors (Lipinski definition) is 2. The topological polar surface area (TPSA) is 41.1 Å². The molecule has 1 rings (SSSR count). The summed E-state index contributed by atoms with van der Waals surface area (Å²) in [5, 5.41) is 5.50.